The monoisotopic (exact) mass is 577 g/mol. The zero-order chi connectivity index (χ0) is 30.3. The van der Waals surface area contributed by atoms with Crippen LogP contribution in [0, 0.1) is 12.3 Å². The van der Waals surface area contributed by atoms with E-state index in [1.165, 1.54) is 18.3 Å². The third kappa shape index (κ3) is 9.62. The molecule has 0 aliphatic heterocycles. The third-order valence-electron chi connectivity index (χ3n) is 6.99. The fourth-order valence-electron chi connectivity index (χ4n) is 4.54. The summed E-state index contributed by atoms with van der Waals surface area (Å²) in [5.41, 5.74) is -0.361. The van der Waals surface area contributed by atoms with Crippen molar-refractivity contribution in [3.63, 3.8) is 0 Å². The highest BCUT2D eigenvalue weighted by Crippen LogP contribution is 2.35. The smallest absolute Gasteiger partial charge is 0.339 e. The van der Waals surface area contributed by atoms with Crippen LogP contribution in [0.2, 0.25) is 0 Å². The standard InChI is InChI=1S/C17H21F2N3O.C12H14F2N2O2/c1-4-16(2,3)22-15(23)13-6-5-11-20-14(13)21-12-7-9-17(18,19)10-8-12;13-12(14)5-3-8(4-6-12)16-10-9(11(17)18)2-1-7-15-10/h1,5-6,11-12H,7-10H2,2-3H3,(H,20,21)(H,22,23);1-2,7-8H,3-6H2,(H,15,16)(H,17,18). The van der Waals surface area contributed by atoms with Crippen molar-refractivity contribution >= 4 is 23.5 Å². The average Bonchev–Trinajstić information content (AvgIpc) is 2.92. The van der Waals surface area contributed by atoms with Crippen LogP contribution < -0.4 is 16.0 Å². The summed E-state index contributed by atoms with van der Waals surface area (Å²) in [7, 11) is 0. The number of hydrogen-bond donors (Lipinski definition) is 4. The molecule has 2 aliphatic rings. The van der Waals surface area contributed by atoms with E-state index >= 15 is 0 Å². The number of nitrogens with zero attached hydrogens (tertiary/aromatic N) is 2. The number of alkyl halides is 4. The lowest BCUT2D eigenvalue weighted by Gasteiger charge is -2.29. The largest absolute Gasteiger partial charge is 0.478 e. The summed E-state index contributed by atoms with van der Waals surface area (Å²) in [6, 6.07) is 6.00. The summed E-state index contributed by atoms with van der Waals surface area (Å²) in [5, 5.41) is 17.8. The van der Waals surface area contributed by atoms with E-state index in [9.17, 15) is 27.2 Å². The molecule has 2 aromatic rings. The normalized spacial score (nSPS) is 18.7. The van der Waals surface area contributed by atoms with Gasteiger partial charge in [-0.25, -0.2) is 32.3 Å². The Morgan fingerprint density at radius 1 is 0.878 bits per heavy atom. The number of terminal acetylenes is 1. The molecule has 41 heavy (non-hydrogen) atoms. The second-order valence-electron chi connectivity index (χ2n) is 10.9. The first-order valence-electron chi connectivity index (χ1n) is 13.4. The minimum atomic E-state index is -2.59. The quantitative estimate of drug-likeness (QED) is 0.236. The van der Waals surface area contributed by atoms with Crippen molar-refractivity contribution in [3.8, 4) is 12.3 Å². The second-order valence-corrected chi connectivity index (χ2v) is 10.9. The van der Waals surface area contributed by atoms with E-state index in [4.69, 9.17) is 11.5 Å². The van der Waals surface area contributed by atoms with Crippen molar-refractivity contribution < 1.29 is 32.3 Å². The van der Waals surface area contributed by atoms with Gasteiger partial charge in [0.05, 0.1) is 11.1 Å². The zero-order valence-corrected chi connectivity index (χ0v) is 23.0. The molecule has 2 saturated carbocycles. The maximum atomic E-state index is 13.2. The van der Waals surface area contributed by atoms with Crippen LogP contribution in [0.1, 0.15) is 85.9 Å². The summed E-state index contributed by atoms with van der Waals surface area (Å²) >= 11 is 0. The molecule has 0 saturated heterocycles. The number of rotatable bonds is 7. The number of nitrogens with one attached hydrogen (secondary N) is 3. The lowest BCUT2D eigenvalue weighted by molar-refractivity contribution is -0.0366. The molecule has 12 heteroatoms. The number of amides is 1. The van der Waals surface area contributed by atoms with E-state index in [1.54, 1.807) is 32.2 Å². The van der Waals surface area contributed by atoms with Crippen molar-refractivity contribution in [2.24, 2.45) is 0 Å². The van der Waals surface area contributed by atoms with Crippen molar-refractivity contribution in [3.05, 3.63) is 47.8 Å². The molecule has 2 heterocycles. The number of hydrogen-bond acceptors (Lipinski definition) is 6. The van der Waals surface area contributed by atoms with E-state index in [0.717, 1.165) is 0 Å². The number of aromatic carboxylic acids is 1. The van der Waals surface area contributed by atoms with E-state index in [2.05, 4.69) is 31.8 Å². The molecule has 222 valence electrons. The van der Waals surface area contributed by atoms with Crippen LogP contribution in [0.3, 0.4) is 0 Å². The Balaban J connectivity index is 0.000000232. The number of pyridine rings is 2. The molecule has 2 aromatic heterocycles. The molecule has 0 unspecified atom stereocenters. The Hall–Kier alpha value is -3.88. The molecule has 1 amide bonds. The molecule has 4 rings (SSSR count). The number of halogens is 4. The van der Waals surface area contributed by atoms with Gasteiger partial charge >= 0.3 is 5.97 Å². The van der Waals surface area contributed by atoms with Gasteiger partial charge in [0, 0.05) is 50.2 Å². The Morgan fingerprint density at radius 3 is 1.71 bits per heavy atom. The molecule has 0 radical (unpaired) electrons. The van der Waals surface area contributed by atoms with Crippen molar-refractivity contribution in [1.82, 2.24) is 15.3 Å². The molecular weight excluding hydrogens is 542 g/mol. The van der Waals surface area contributed by atoms with Gasteiger partial charge in [0.15, 0.2) is 0 Å². The van der Waals surface area contributed by atoms with Crippen LogP contribution in [0.4, 0.5) is 29.2 Å². The number of aromatic nitrogens is 2. The Labute approximate surface area is 236 Å². The maximum Gasteiger partial charge on any atom is 0.339 e. The van der Waals surface area contributed by atoms with Gasteiger partial charge in [0.1, 0.15) is 17.2 Å². The lowest BCUT2D eigenvalue weighted by atomic mass is 9.92. The first-order chi connectivity index (χ1) is 19.2. The van der Waals surface area contributed by atoms with E-state index in [-0.39, 0.29) is 55.1 Å². The molecule has 4 N–H and O–H groups in total. The molecule has 0 spiro atoms. The van der Waals surface area contributed by atoms with Gasteiger partial charge in [-0.1, -0.05) is 5.92 Å². The summed E-state index contributed by atoms with van der Waals surface area (Å²) in [5.74, 6) is -3.45. The highest BCUT2D eigenvalue weighted by molar-refractivity contribution is 5.99. The molecule has 0 atom stereocenters. The SMILES string of the molecule is C#CC(C)(C)NC(=O)c1cccnc1NC1CCC(F)(F)CC1.O=C(O)c1cccnc1NC1CCC(F)(F)CC1. The van der Waals surface area contributed by atoms with Gasteiger partial charge in [0.25, 0.3) is 5.91 Å². The van der Waals surface area contributed by atoms with Crippen LogP contribution in [-0.2, 0) is 0 Å². The third-order valence-corrected chi connectivity index (χ3v) is 6.99. The van der Waals surface area contributed by atoms with Crippen LogP contribution >= 0.6 is 0 Å². The van der Waals surface area contributed by atoms with Gasteiger partial charge in [0.2, 0.25) is 11.8 Å². The summed E-state index contributed by atoms with van der Waals surface area (Å²) < 4.78 is 52.4. The van der Waals surface area contributed by atoms with E-state index in [1.807, 2.05) is 0 Å². The summed E-state index contributed by atoms with van der Waals surface area (Å²) in [6.45, 7) is 3.44. The minimum Gasteiger partial charge on any atom is -0.478 e. The molecule has 2 aliphatic carbocycles. The fraction of sp³-hybridized carbons (Fsp3) is 0.517. The average molecular weight is 578 g/mol. The van der Waals surface area contributed by atoms with Gasteiger partial charge < -0.3 is 21.1 Å². The van der Waals surface area contributed by atoms with Crippen molar-refractivity contribution in [1.29, 1.82) is 0 Å². The zero-order valence-electron chi connectivity index (χ0n) is 23.0. The Bertz CT molecular complexity index is 1250. The fourth-order valence-corrected chi connectivity index (χ4v) is 4.54. The van der Waals surface area contributed by atoms with Crippen LogP contribution in [0.15, 0.2) is 36.7 Å². The minimum absolute atomic E-state index is 0.0647. The first-order valence-corrected chi connectivity index (χ1v) is 13.4. The number of carbonyl (C=O) groups is 2. The van der Waals surface area contributed by atoms with Crippen LogP contribution in [0.25, 0.3) is 0 Å². The summed E-state index contributed by atoms with van der Waals surface area (Å²) in [6.07, 6.45) is 9.12. The van der Waals surface area contributed by atoms with Crippen molar-refractivity contribution in [2.75, 3.05) is 10.6 Å². The van der Waals surface area contributed by atoms with E-state index in [0.29, 0.717) is 37.1 Å². The molecule has 2 fully saturated rings. The molecular formula is C29H35F4N5O3. The maximum absolute atomic E-state index is 13.2. The van der Waals surface area contributed by atoms with Gasteiger partial charge in [-0.3, -0.25) is 4.79 Å². The van der Waals surface area contributed by atoms with Crippen LogP contribution in [-0.4, -0.2) is 56.4 Å². The van der Waals surface area contributed by atoms with Gasteiger partial charge in [-0.2, -0.15) is 0 Å². The Kier molecular flexibility index (Phi) is 10.2. The lowest BCUT2D eigenvalue weighted by Crippen LogP contribution is -2.42. The highest BCUT2D eigenvalue weighted by atomic mass is 19.3. The second kappa shape index (κ2) is 13.2. The highest BCUT2D eigenvalue weighted by Gasteiger charge is 2.36. The van der Waals surface area contributed by atoms with Gasteiger partial charge in [-0.15, -0.1) is 6.42 Å². The van der Waals surface area contributed by atoms with Crippen molar-refractivity contribution in [2.45, 2.75) is 94.7 Å². The first kappa shape index (κ1) is 31.6. The topological polar surface area (TPSA) is 116 Å². The molecule has 0 bridgehead atoms. The predicted molar refractivity (Wildman–Crippen MR) is 147 cm³/mol. The molecule has 0 aromatic carbocycles. The van der Waals surface area contributed by atoms with E-state index < -0.39 is 23.4 Å². The number of carboxylic acid groups (broad SMARTS) is 1. The Morgan fingerprint density at radius 2 is 1.29 bits per heavy atom. The summed E-state index contributed by atoms with van der Waals surface area (Å²) in [4.78, 5) is 31.5. The predicted octanol–water partition coefficient (Wildman–Crippen LogP) is 5.98. The number of anilines is 2. The number of carboxylic acids is 1. The van der Waals surface area contributed by atoms with Crippen LogP contribution in [0.5, 0.6) is 0 Å². The van der Waals surface area contributed by atoms with Gasteiger partial charge in [-0.05, 0) is 63.8 Å². The molecule has 8 nitrogen and oxygen atoms in total. The number of carbonyl (C=O) groups excluding carboxylic acids is 1.